The molecule has 7 heteroatoms. The summed E-state index contributed by atoms with van der Waals surface area (Å²) >= 11 is 0. The molecule has 0 spiro atoms. The fourth-order valence-electron chi connectivity index (χ4n) is 2.03. The normalized spacial score (nSPS) is 12.9. The average molecular weight is 361 g/mol. The number of hydrogen-bond donors (Lipinski definition) is 3. The van der Waals surface area contributed by atoms with Gasteiger partial charge in [0.1, 0.15) is 11.6 Å². The van der Waals surface area contributed by atoms with Gasteiger partial charge >= 0.3 is 18.0 Å². The minimum atomic E-state index is -1.38. The van der Waals surface area contributed by atoms with E-state index in [1.165, 1.54) is 0 Å². The van der Waals surface area contributed by atoms with Gasteiger partial charge in [0, 0.05) is 12.0 Å². The topological polar surface area (TPSA) is 113 Å². The van der Waals surface area contributed by atoms with Crippen molar-refractivity contribution in [1.29, 1.82) is 0 Å². The van der Waals surface area contributed by atoms with Gasteiger partial charge in [-0.25, -0.2) is 9.59 Å². The maximum atomic E-state index is 11.8. The zero-order chi connectivity index (χ0) is 19.7. The number of benzene rings is 1. The minimum absolute atomic E-state index is 0.0377. The third kappa shape index (κ3) is 8.20. The van der Waals surface area contributed by atoms with Crippen LogP contribution in [0.2, 0.25) is 0 Å². The van der Waals surface area contributed by atoms with Crippen molar-refractivity contribution in [3.05, 3.63) is 35.9 Å². The number of rotatable bonds is 6. The second-order valence-electron chi connectivity index (χ2n) is 6.68. The Morgan fingerprint density at radius 1 is 1.12 bits per heavy atom. The van der Waals surface area contributed by atoms with E-state index < -0.39 is 35.6 Å². The standard InChI is InChI=1S/C19H23NO6/c1-19(2,3)26-18(25)20-15(17(23)24)12-14(16(21)22)11-7-10-13-8-5-4-6-9-13/h4-6,8-9,14-15H,11-12H2,1-3H3,(H,20,25)(H,21,22)(H,23,24)/t14-,15+/m1/s1. The van der Waals surface area contributed by atoms with E-state index in [0.29, 0.717) is 0 Å². The Kier molecular flexibility index (Phi) is 7.66. The molecule has 0 saturated carbocycles. The molecular formula is C19H23NO6. The van der Waals surface area contributed by atoms with Crippen LogP contribution in [-0.4, -0.2) is 39.9 Å². The summed E-state index contributed by atoms with van der Waals surface area (Å²) in [5.74, 6) is 2.03. The molecule has 0 unspecified atom stereocenters. The van der Waals surface area contributed by atoms with E-state index >= 15 is 0 Å². The Bertz CT molecular complexity index is 696. The zero-order valence-electron chi connectivity index (χ0n) is 15.0. The van der Waals surface area contributed by atoms with Gasteiger partial charge in [-0.1, -0.05) is 30.0 Å². The van der Waals surface area contributed by atoms with Crippen molar-refractivity contribution >= 4 is 18.0 Å². The number of carbonyl (C=O) groups is 3. The van der Waals surface area contributed by atoms with Gasteiger partial charge in [-0.3, -0.25) is 4.79 Å². The van der Waals surface area contributed by atoms with Crippen molar-refractivity contribution in [3.8, 4) is 11.8 Å². The number of ether oxygens (including phenoxy) is 1. The molecule has 0 aliphatic carbocycles. The van der Waals surface area contributed by atoms with E-state index in [0.717, 1.165) is 5.56 Å². The van der Waals surface area contributed by atoms with Crippen molar-refractivity contribution in [2.75, 3.05) is 0 Å². The summed E-state index contributed by atoms with van der Waals surface area (Å²) in [4.78, 5) is 34.5. The lowest BCUT2D eigenvalue weighted by atomic mass is 9.96. The smallest absolute Gasteiger partial charge is 0.408 e. The molecule has 2 atom stereocenters. The van der Waals surface area contributed by atoms with Gasteiger partial charge in [-0.15, -0.1) is 0 Å². The third-order valence-corrected chi connectivity index (χ3v) is 3.21. The van der Waals surface area contributed by atoms with Crippen molar-refractivity contribution in [2.24, 2.45) is 5.92 Å². The van der Waals surface area contributed by atoms with E-state index in [4.69, 9.17) is 4.74 Å². The largest absolute Gasteiger partial charge is 0.481 e. The molecule has 26 heavy (non-hydrogen) atoms. The Balaban J connectivity index is 2.75. The second-order valence-corrected chi connectivity index (χ2v) is 6.68. The molecule has 140 valence electrons. The highest BCUT2D eigenvalue weighted by Crippen LogP contribution is 2.14. The van der Waals surface area contributed by atoms with E-state index in [9.17, 15) is 24.6 Å². The van der Waals surface area contributed by atoms with Crippen LogP contribution in [0.3, 0.4) is 0 Å². The summed E-state index contributed by atoms with van der Waals surface area (Å²) < 4.78 is 5.01. The van der Waals surface area contributed by atoms with Crippen LogP contribution in [0.5, 0.6) is 0 Å². The molecule has 1 aromatic rings. The van der Waals surface area contributed by atoms with Crippen LogP contribution in [0, 0.1) is 17.8 Å². The summed E-state index contributed by atoms with van der Waals surface area (Å²) in [6, 6.07) is 7.64. The van der Waals surface area contributed by atoms with Gasteiger partial charge in [0.25, 0.3) is 0 Å². The Morgan fingerprint density at radius 2 is 1.73 bits per heavy atom. The van der Waals surface area contributed by atoms with Crippen molar-refractivity contribution in [2.45, 2.75) is 45.3 Å². The van der Waals surface area contributed by atoms with E-state index in [2.05, 4.69) is 17.2 Å². The first kappa shape index (κ1) is 21.0. The zero-order valence-corrected chi connectivity index (χ0v) is 15.0. The van der Waals surface area contributed by atoms with Crippen molar-refractivity contribution < 1.29 is 29.3 Å². The summed E-state index contributed by atoms with van der Waals surface area (Å²) in [7, 11) is 0. The fraction of sp³-hybridized carbons (Fsp3) is 0.421. The number of carboxylic acids is 2. The van der Waals surface area contributed by atoms with Gasteiger partial charge in [0.15, 0.2) is 0 Å². The number of alkyl carbamates (subject to hydrolysis) is 1. The predicted octanol–water partition coefficient (Wildman–Crippen LogP) is 2.50. The van der Waals surface area contributed by atoms with E-state index in [1.807, 2.05) is 18.2 Å². The van der Waals surface area contributed by atoms with Crippen LogP contribution in [0.1, 0.15) is 39.2 Å². The molecule has 7 nitrogen and oxygen atoms in total. The van der Waals surface area contributed by atoms with Crippen LogP contribution < -0.4 is 5.32 Å². The van der Waals surface area contributed by atoms with Crippen LogP contribution in [0.15, 0.2) is 30.3 Å². The predicted molar refractivity (Wildman–Crippen MR) is 94.5 cm³/mol. The molecule has 1 aromatic carbocycles. The average Bonchev–Trinajstić information content (AvgIpc) is 2.51. The van der Waals surface area contributed by atoms with Crippen LogP contribution in [-0.2, 0) is 14.3 Å². The quantitative estimate of drug-likeness (QED) is 0.671. The van der Waals surface area contributed by atoms with Crippen molar-refractivity contribution in [1.82, 2.24) is 5.32 Å². The SMILES string of the molecule is CC(C)(C)OC(=O)N[C@@H](C[C@@H](CC#Cc1ccccc1)C(=O)O)C(=O)O. The van der Waals surface area contributed by atoms with Crippen LogP contribution in [0.25, 0.3) is 0 Å². The van der Waals surface area contributed by atoms with Crippen LogP contribution in [0.4, 0.5) is 4.79 Å². The Morgan fingerprint density at radius 3 is 2.23 bits per heavy atom. The van der Waals surface area contributed by atoms with Gasteiger partial charge in [-0.05, 0) is 39.3 Å². The first-order chi connectivity index (χ1) is 12.1. The second kappa shape index (κ2) is 9.47. The fourth-order valence-corrected chi connectivity index (χ4v) is 2.03. The van der Waals surface area contributed by atoms with Gasteiger partial charge in [-0.2, -0.15) is 0 Å². The summed E-state index contributed by atoms with van der Waals surface area (Å²) in [5.41, 5.74) is -0.0566. The third-order valence-electron chi connectivity index (χ3n) is 3.21. The lowest BCUT2D eigenvalue weighted by molar-refractivity contribution is -0.144. The first-order valence-corrected chi connectivity index (χ1v) is 8.07. The van der Waals surface area contributed by atoms with E-state index in [1.54, 1.807) is 32.9 Å². The number of aliphatic carboxylic acids is 2. The molecule has 0 radical (unpaired) electrons. The summed E-state index contributed by atoms with van der Waals surface area (Å²) in [6.07, 6.45) is -1.25. The molecule has 0 aromatic heterocycles. The number of carbonyl (C=O) groups excluding carboxylic acids is 1. The summed E-state index contributed by atoms with van der Waals surface area (Å²) in [5, 5.41) is 20.8. The number of amides is 1. The minimum Gasteiger partial charge on any atom is -0.481 e. The van der Waals surface area contributed by atoms with Gasteiger partial charge < -0.3 is 20.3 Å². The van der Waals surface area contributed by atoms with Gasteiger partial charge in [0.05, 0.1) is 5.92 Å². The number of nitrogens with one attached hydrogen (secondary N) is 1. The molecule has 0 aliphatic heterocycles. The molecule has 0 aliphatic rings. The highest BCUT2D eigenvalue weighted by atomic mass is 16.6. The lowest BCUT2D eigenvalue weighted by Crippen LogP contribution is -2.45. The number of carboxylic acid groups (broad SMARTS) is 2. The molecule has 0 bridgehead atoms. The first-order valence-electron chi connectivity index (χ1n) is 8.07. The van der Waals surface area contributed by atoms with E-state index in [-0.39, 0.29) is 12.8 Å². The Hall–Kier alpha value is -3.01. The molecule has 0 saturated heterocycles. The molecule has 3 N–H and O–H groups in total. The monoisotopic (exact) mass is 361 g/mol. The molecular weight excluding hydrogens is 338 g/mol. The maximum Gasteiger partial charge on any atom is 0.408 e. The van der Waals surface area contributed by atoms with Gasteiger partial charge in [0.2, 0.25) is 0 Å². The summed E-state index contributed by atoms with van der Waals surface area (Å²) in [6.45, 7) is 4.92. The number of hydrogen-bond acceptors (Lipinski definition) is 4. The Labute approximate surface area is 152 Å². The maximum absolute atomic E-state index is 11.8. The molecule has 0 heterocycles. The molecule has 0 fully saturated rings. The van der Waals surface area contributed by atoms with Crippen LogP contribution >= 0.6 is 0 Å². The highest BCUT2D eigenvalue weighted by Gasteiger charge is 2.29. The lowest BCUT2D eigenvalue weighted by Gasteiger charge is -2.23. The van der Waals surface area contributed by atoms with Crippen molar-refractivity contribution in [3.63, 3.8) is 0 Å². The highest BCUT2D eigenvalue weighted by molar-refractivity contribution is 5.81. The molecule has 1 amide bonds. The molecule has 1 rings (SSSR count).